The van der Waals surface area contributed by atoms with Crippen LogP contribution in [0.5, 0.6) is 0 Å². The highest BCUT2D eigenvalue weighted by atomic mass is 16.3. The van der Waals surface area contributed by atoms with Crippen molar-refractivity contribution < 1.29 is 4.42 Å². The largest absolute Gasteiger partial charge is 0.456 e. The number of nitrogens with zero attached hydrogens (tertiary/aromatic N) is 2. The van der Waals surface area contributed by atoms with Gasteiger partial charge < -0.3 is 4.42 Å². The van der Waals surface area contributed by atoms with E-state index in [9.17, 15) is 0 Å². The monoisotopic (exact) mass is 564 g/mol. The molecule has 0 spiro atoms. The highest BCUT2D eigenvalue weighted by molar-refractivity contribution is 6.23. The summed E-state index contributed by atoms with van der Waals surface area (Å²) in [6, 6.07) is 52.5. The van der Waals surface area contributed by atoms with Crippen LogP contribution in [0.2, 0.25) is 0 Å². The minimum absolute atomic E-state index is 0.677. The summed E-state index contributed by atoms with van der Waals surface area (Å²) in [5.74, 6) is 0.677. The second kappa shape index (κ2) is 11.1. The molecule has 0 saturated heterocycles. The summed E-state index contributed by atoms with van der Waals surface area (Å²) in [6.07, 6.45) is 2.86. The number of hydrogen-bond acceptors (Lipinski definition) is 3. The second-order valence-electron chi connectivity index (χ2n) is 11.0. The fourth-order valence-corrected chi connectivity index (χ4v) is 5.96. The lowest BCUT2D eigenvalue weighted by Crippen LogP contribution is -2.05. The standard InChI is InChI=1S/C41H28N2O/c1-4-12-28(13-5-1)29-20-22-30(23-21-29)33-26-35(40-34-18-10-11-19-38(34)44-39(40)27-33)41-42-36(31-14-6-2-7-15-31)24-25-37(43-41)32-16-8-3-9-17-32/h1-24,26-27H,25H2. The quantitative estimate of drug-likeness (QED) is 0.205. The number of rotatable bonds is 5. The Hall–Kier alpha value is -5.80. The number of allylic oxidation sites excluding steroid dienone is 1. The van der Waals surface area contributed by atoms with E-state index in [1.807, 2.05) is 30.3 Å². The Morgan fingerprint density at radius 1 is 0.455 bits per heavy atom. The van der Waals surface area contributed by atoms with Crippen molar-refractivity contribution in [3.8, 4) is 22.3 Å². The number of para-hydroxylation sites is 1. The molecule has 1 aliphatic heterocycles. The number of benzene rings is 6. The Morgan fingerprint density at radius 3 is 1.73 bits per heavy atom. The van der Waals surface area contributed by atoms with Crippen LogP contribution < -0.4 is 0 Å². The molecule has 0 radical (unpaired) electrons. The minimum Gasteiger partial charge on any atom is -0.456 e. The third-order valence-electron chi connectivity index (χ3n) is 8.18. The molecule has 0 fully saturated rings. The smallest absolute Gasteiger partial charge is 0.160 e. The van der Waals surface area contributed by atoms with Crippen molar-refractivity contribution in [2.24, 2.45) is 9.98 Å². The molecule has 3 heteroatoms. The third-order valence-corrected chi connectivity index (χ3v) is 8.18. The van der Waals surface area contributed by atoms with Crippen LogP contribution in [0.1, 0.15) is 23.1 Å². The molecule has 1 aliphatic rings. The molecule has 0 atom stereocenters. The van der Waals surface area contributed by atoms with Gasteiger partial charge in [0.05, 0.1) is 11.4 Å². The Bertz CT molecular complexity index is 2210. The van der Waals surface area contributed by atoms with E-state index in [2.05, 4.69) is 127 Å². The van der Waals surface area contributed by atoms with Crippen molar-refractivity contribution in [1.82, 2.24) is 0 Å². The summed E-state index contributed by atoms with van der Waals surface area (Å²) in [5, 5.41) is 2.08. The van der Waals surface area contributed by atoms with Crippen LogP contribution >= 0.6 is 0 Å². The zero-order valence-corrected chi connectivity index (χ0v) is 24.0. The number of fused-ring (bicyclic) bond motifs is 3. The molecule has 208 valence electrons. The lowest BCUT2D eigenvalue weighted by atomic mass is 9.96. The van der Waals surface area contributed by atoms with Gasteiger partial charge in [-0.25, -0.2) is 9.98 Å². The molecule has 3 nitrogen and oxygen atoms in total. The summed E-state index contributed by atoms with van der Waals surface area (Å²) in [6.45, 7) is 0. The molecular formula is C41H28N2O. The van der Waals surface area contributed by atoms with Crippen molar-refractivity contribution in [2.45, 2.75) is 6.42 Å². The Kier molecular flexibility index (Phi) is 6.54. The average Bonchev–Trinajstić information content (AvgIpc) is 3.33. The molecule has 1 aromatic heterocycles. The van der Waals surface area contributed by atoms with E-state index >= 15 is 0 Å². The maximum atomic E-state index is 6.48. The van der Waals surface area contributed by atoms with E-state index in [4.69, 9.17) is 14.4 Å². The van der Waals surface area contributed by atoms with Gasteiger partial charge in [-0.3, -0.25) is 0 Å². The van der Waals surface area contributed by atoms with Crippen molar-refractivity contribution in [3.63, 3.8) is 0 Å². The molecule has 7 aromatic rings. The maximum Gasteiger partial charge on any atom is 0.160 e. The minimum atomic E-state index is 0.677. The zero-order valence-electron chi connectivity index (χ0n) is 24.0. The van der Waals surface area contributed by atoms with Crippen LogP contribution in [0.25, 0.3) is 49.9 Å². The fourth-order valence-electron chi connectivity index (χ4n) is 5.96. The van der Waals surface area contributed by atoms with Gasteiger partial charge in [-0.15, -0.1) is 0 Å². The van der Waals surface area contributed by atoms with Crippen LogP contribution in [0.15, 0.2) is 172 Å². The molecule has 0 unspecified atom stereocenters. The van der Waals surface area contributed by atoms with Gasteiger partial charge in [0.25, 0.3) is 0 Å². The average molecular weight is 565 g/mol. The van der Waals surface area contributed by atoms with Crippen LogP contribution in [-0.2, 0) is 0 Å². The van der Waals surface area contributed by atoms with E-state index in [1.54, 1.807) is 0 Å². The van der Waals surface area contributed by atoms with Gasteiger partial charge in [-0.2, -0.15) is 0 Å². The van der Waals surface area contributed by atoms with E-state index in [1.165, 1.54) is 11.1 Å². The van der Waals surface area contributed by atoms with Gasteiger partial charge in [0.1, 0.15) is 11.2 Å². The first-order valence-corrected chi connectivity index (χ1v) is 14.9. The first-order valence-electron chi connectivity index (χ1n) is 14.9. The normalized spacial score (nSPS) is 13.3. The molecule has 0 bridgehead atoms. The van der Waals surface area contributed by atoms with Crippen LogP contribution in [0.3, 0.4) is 0 Å². The number of aliphatic imine (C=N–C) groups is 2. The molecule has 8 rings (SSSR count). The van der Waals surface area contributed by atoms with Gasteiger partial charge in [-0.05, 0) is 51.6 Å². The highest BCUT2D eigenvalue weighted by Gasteiger charge is 2.20. The van der Waals surface area contributed by atoms with Crippen molar-refractivity contribution >= 4 is 39.2 Å². The maximum absolute atomic E-state index is 6.48. The first kappa shape index (κ1) is 25.9. The highest BCUT2D eigenvalue weighted by Crippen LogP contribution is 2.37. The van der Waals surface area contributed by atoms with Crippen LogP contribution in [0.4, 0.5) is 0 Å². The Labute approximate surface area is 256 Å². The van der Waals surface area contributed by atoms with Crippen molar-refractivity contribution in [3.05, 3.63) is 174 Å². The summed E-state index contributed by atoms with van der Waals surface area (Å²) in [4.78, 5) is 10.6. The predicted molar refractivity (Wildman–Crippen MR) is 183 cm³/mol. The van der Waals surface area contributed by atoms with E-state index in [0.717, 1.165) is 61.2 Å². The van der Waals surface area contributed by atoms with Crippen LogP contribution in [-0.4, -0.2) is 11.5 Å². The van der Waals surface area contributed by atoms with Gasteiger partial charge in [-0.1, -0.05) is 140 Å². The lowest BCUT2D eigenvalue weighted by molar-refractivity contribution is 0.669. The molecule has 0 N–H and O–H groups in total. The topological polar surface area (TPSA) is 37.9 Å². The van der Waals surface area contributed by atoms with Crippen molar-refractivity contribution in [2.75, 3.05) is 0 Å². The summed E-state index contributed by atoms with van der Waals surface area (Å²) < 4.78 is 6.48. The summed E-state index contributed by atoms with van der Waals surface area (Å²) in [7, 11) is 0. The third kappa shape index (κ3) is 4.85. The molecule has 6 aromatic carbocycles. The van der Waals surface area contributed by atoms with E-state index in [0.29, 0.717) is 12.3 Å². The predicted octanol–water partition coefficient (Wildman–Crippen LogP) is 10.6. The Balaban J connectivity index is 1.35. The van der Waals surface area contributed by atoms with Gasteiger partial charge in [0.2, 0.25) is 0 Å². The number of amidine groups is 1. The molecule has 2 heterocycles. The molecule has 0 saturated carbocycles. The summed E-state index contributed by atoms with van der Waals surface area (Å²) in [5.41, 5.74) is 11.2. The SMILES string of the molecule is C1=C(c2ccccc2)N=C(c2cc(-c3ccc(-c4ccccc4)cc3)cc3oc4ccccc4c23)N=C(c2ccccc2)C1. The molecular weight excluding hydrogens is 536 g/mol. The van der Waals surface area contributed by atoms with Gasteiger partial charge in [0.15, 0.2) is 5.84 Å². The van der Waals surface area contributed by atoms with Crippen LogP contribution in [0, 0.1) is 0 Å². The van der Waals surface area contributed by atoms with E-state index in [-0.39, 0.29) is 0 Å². The summed E-state index contributed by atoms with van der Waals surface area (Å²) >= 11 is 0. The van der Waals surface area contributed by atoms with Gasteiger partial charge in [0, 0.05) is 22.8 Å². The number of furan rings is 1. The van der Waals surface area contributed by atoms with Crippen molar-refractivity contribution in [1.29, 1.82) is 0 Å². The zero-order chi connectivity index (χ0) is 29.3. The van der Waals surface area contributed by atoms with Gasteiger partial charge >= 0.3 is 0 Å². The number of hydrogen-bond donors (Lipinski definition) is 0. The molecule has 0 amide bonds. The fraction of sp³-hybridized carbons (Fsp3) is 0.0244. The Morgan fingerprint density at radius 2 is 1.02 bits per heavy atom. The second-order valence-corrected chi connectivity index (χ2v) is 11.0. The van der Waals surface area contributed by atoms with E-state index < -0.39 is 0 Å². The lowest BCUT2D eigenvalue weighted by Gasteiger charge is -2.11. The first-order chi connectivity index (χ1) is 21.8. The molecule has 0 aliphatic carbocycles. The molecule has 44 heavy (non-hydrogen) atoms.